The van der Waals surface area contributed by atoms with Crippen molar-refractivity contribution in [3.63, 3.8) is 0 Å². The number of methoxy groups -OCH3 is 1. The van der Waals surface area contributed by atoms with Crippen LogP contribution in [0.25, 0.3) is 11.4 Å². The van der Waals surface area contributed by atoms with Crippen LogP contribution in [0.3, 0.4) is 0 Å². The van der Waals surface area contributed by atoms with Crippen molar-refractivity contribution < 1.29 is 18.8 Å². The average molecular weight is 337 g/mol. The summed E-state index contributed by atoms with van der Waals surface area (Å²) in [5.41, 5.74) is 0.889. The molecule has 0 aliphatic carbocycles. The minimum Gasteiger partial charge on any atom is -0.467 e. The molecule has 0 saturated carbocycles. The number of amides is 1. The molecule has 2 aromatic rings. The van der Waals surface area contributed by atoms with E-state index < -0.39 is 12.0 Å². The molecule has 0 saturated heterocycles. The summed E-state index contributed by atoms with van der Waals surface area (Å²) >= 11 is 1.55. The Balaban J connectivity index is 1.88. The van der Waals surface area contributed by atoms with Gasteiger partial charge in [0.25, 0.3) is 0 Å². The number of nitrogens with one attached hydrogen (secondary N) is 1. The van der Waals surface area contributed by atoms with E-state index >= 15 is 0 Å². The molecule has 2 heterocycles. The van der Waals surface area contributed by atoms with E-state index in [1.54, 1.807) is 11.3 Å². The zero-order valence-electron chi connectivity index (χ0n) is 13.2. The number of ether oxygens (including phenoxy) is 1. The fourth-order valence-electron chi connectivity index (χ4n) is 1.96. The van der Waals surface area contributed by atoms with Gasteiger partial charge < -0.3 is 14.6 Å². The van der Waals surface area contributed by atoms with Crippen molar-refractivity contribution in [1.82, 2.24) is 15.5 Å². The summed E-state index contributed by atoms with van der Waals surface area (Å²) in [4.78, 5) is 27.8. The van der Waals surface area contributed by atoms with Crippen LogP contribution in [0.4, 0.5) is 0 Å². The fraction of sp³-hybridized carbons (Fsp3) is 0.467. The maximum Gasteiger partial charge on any atom is 0.328 e. The third-order valence-corrected chi connectivity index (χ3v) is 3.93. The lowest BCUT2D eigenvalue weighted by atomic mass is 10.0. The molecule has 0 aromatic carbocycles. The maximum absolute atomic E-state index is 12.0. The normalized spacial score (nSPS) is 12.2. The van der Waals surface area contributed by atoms with E-state index in [0.717, 1.165) is 5.56 Å². The lowest BCUT2D eigenvalue weighted by molar-refractivity contribution is -0.146. The van der Waals surface area contributed by atoms with E-state index in [1.165, 1.54) is 7.11 Å². The van der Waals surface area contributed by atoms with Crippen LogP contribution in [0.5, 0.6) is 0 Å². The molecule has 1 N–H and O–H groups in total. The second kappa shape index (κ2) is 7.87. The number of carbonyl (C=O) groups is 2. The lowest BCUT2D eigenvalue weighted by Crippen LogP contribution is -2.45. The largest absolute Gasteiger partial charge is 0.467 e. The monoisotopic (exact) mass is 337 g/mol. The summed E-state index contributed by atoms with van der Waals surface area (Å²) in [6, 6.07) is 1.24. The second-order valence-corrected chi connectivity index (χ2v) is 6.12. The highest BCUT2D eigenvalue weighted by atomic mass is 32.1. The van der Waals surface area contributed by atoms with E-state index in [9.17, 15) is 9.59 Å². The van der Waals surface area contributed by atoms with Gasteiger partial charge in [0.15, 0.2) is 0 Å². The molecule has 1 amide bonds. The summed E-state index contributed by atoms with van der Waals surface area (Å²) in [7, 11) is 1.30. The SMILES string of the molecule is COC(=O)[C@@H](NC(=O)CCc1nc(-c2ccsc2)no1)C(C)C. The first-order valence-corrected chi connectivity index (χ1v) is 8.18. The smallest absolute Gasteiger partial charge is 0.328 e. The molecule has 0 spiro atoms. The molecule has 0 bridgehead atoms. The Labute approximate surface area is 138 Å². The van der Waals surface area contributed by atoms with Crippen LogP contribution >= 0.6 is 11.3 Å². The van der Waals surface area contributed by atoms with Gasteiger partial charge in [-0.05, 0) is 17.4 Å². The zero-order valence-corrected chi connectivity index (χ0v) is 14.1. The molecule has 2 aromatic heterocycles. The molecule has 0 fully saturated rings. The third-order valence-electron chi connectivity index (χ3n) is 3.25. The average Bonchev–Trinajstić information content (AvgIpc) is 3.20. The van der Waals surface area contributed by atoms with Crippen molar-refractivity contribution in [2.45, 2.75) is 32.7 Å². The van der Waals surface area contributed by atoms with Crippen LogP contribution in [0.1, 0.15) is 26.2 Å². The van der Waals surface area contributed by atoms with E-state index in [2.05, 4.69) is 20.2 Å². The Morgan fingerprint density at radius 2 is 2.22 bits per heavy atom. The Kier molecular flexibility index (Phi) is 5.86. The van der Waals surface area contributed by atoms with Crippen LogP contribution in [0, 0.1) is 5.92 Å². The molecular weight excluding hydrogens is 318 g/mol. The molecule has 1 atom stereocenters. The van der Waals surface area contributed by atoms with Crippen molar-refractivity contribution in [2.75, 3.05) is 7.11 Å². The summed E-state index contributed by atoms with van der Waals surface area (Å²) in [5.74, 6) is 0.132. The molecule has 8 heteroatoms. The van der Waals surface area contributed by atoms with E-state index in [1.807, 2.05) is 30.7 Å². The number of carbonyl (C=O) groups excluding carboxylic acids is 2. The summed E-state index contributed by atoms with van der Waals surface area (Å²) in [6.07, 6.45) is 0.473. The number of thiophene rings is 1. The first-order chi connectivity index (χ1) is 11.0. The Bertz CT molecular complexity index is 651. The molecule has 0 unspecified atom stereocenters. The number of hydrogen-bond acceptors (Lipinski definition) is 7. The number of aryl methyl sites for hydroxylation is 1. The van der Waals surface area contributed by atoms with Crippen molar-refractivity contribution in [2.24, 2.45) is 5.92 Å². The van der Waals surface area contributed by atoms with Gasteiger partial charge in [0.2, 0.25) is 17.6 Å². The fourth-order valence-corrected chi connectivity index (χ4v) is 2.59. The van der Waals surface area contributed by atoms with Gasteiger partial charge in [-0.3, -0.25) is 4.79 Å². The number of aromatic nitrogens is 2. The van der Waals surface area contributed by atoms with Gasteiger partial charge in [0.1, 0.15) is 6.04 Å². The second-order valence-electron chi connectivity index (χ2n) is 5.34. The van der Waals surface area contributed by atoms with Crippen LogP contribution < -0.4 is 5.32 Å². The van der Waals surface area contributed by atoms with Gasteiger partial charge in [0.05, 0.1) is 7.11 Å². The highest BCUT2D eigenvalue weighted by Gasteiger charge is 2.24. The highest BCUT2D eigenvalue weighted by Crippen LogP contribution is 2.19. The lowest BCUT2D eigenvalue weighted by Gasteiger charge is -2.19. The molecule has 0 radical (unpaired) electrons. The van der Waals surface area contributed by atoms with Crippen LogP contribution in [0.2, 0.25) is 0 Å². The van der Waals surface area contributed by atoms with E-state index in [0.29, 0.717) is 18.1 Å². The predicted octanol–water partition coefficient (Wildman–Crippen LogP) is 2.04. The summed E-state index contributed by atoms with van der Waals surface area (Å²) in [6.45, 7) is 3.68. The number of rotatable bonds is 7. The van der Waals surface area contributed by atoms with Gasteiger partial charge in [-0.1, -0.05) is 19.0 Å². The zero-order chi connectivity index (χ0) is 16.8. The number of nitrogens with zero attached hydrogens (tertiary/aromatic N) is 2. The maximum atomic E-state index is 12.0. The van der Waals surface area contributed by atoms with Crippen LogP contribution in [-0.4, -0.2) is 35.2 Å². The highest BCUT2D eigenvalue weighted by molar-refractivity contribution is 7.08. The van der Waals surface area contributed by atoms with Gasteiger partial charge in [-0.15, -0.1) is 0 Å². The van der Waals surface area contributed by atoms with Gasteiger partial charge >= 0.3 is 5.97 Å². The molecule has 124 valence electrons. The number of hydrogen-bond donors (Lipinski definition) is 1. The van der Waals surface area contributed by atoms with Crippen molar-refractivity contribution >= 4 is 23.2 Å². The molecule has 7 nitrogen and oxygen atoms in total. The van der Waals surface area contributed by atoms with Crippen LogP contribution in [-0.2, 0) is 20.7 Å². The first kappa shape index (κ1) is 17.1. The van der Waals surface area contributed by atoms with Crippen molar-refractivity contribution in [1.29, 1.82) is 0 Å². The summed E-state index contributed by atoms with van der Waals surface area (Å²) in [5, 5.41) is 10.4. The summed E-state index contributed by atoms with van der Waals surface area (Å²) < 4.78 is 9.82. The Morgan fingerprint density at radius 3 is 2.83 bits per heavy atom. The quantitative estimate of drug-likeness (QED) is 0.777. The van der Waals surface area contributed by atoms with Gasteiger partial charge in [-0.2, -0.15) is 16.3 Å². The Morgan fingerprint density at radius 1 is 1.43 bits per heavy atom. The first-order valence-electron chi connectivity index (χ1n) is 7.23. The van der Waals surface area contributed by atoms with E-state index in [4.69, 9.17) is 4.52 Å². The van der Waals surface area contributed by atoms with Crippen LogP contribution in [0.15, 0.2) is 21.3 Å². The van der Waals surface area contributed by atoms with Gasteiger partial charge in [0, 0.05) is 23.8 Å². The standard InChI is InChI=1S/C15H19N3O4S/c1-9(2)13(15(20)21-3)16-11(19)4-5-12-17-14(18-22-12)10-6-7-23-8-10/h6-9,13H,4-5H2,1-3H3,(H,16,19)/t13-/m0/s1. The molecule has 2 rings (SSSR count). The van der Waals surface area contributed by atoms with E-state index in [-0.39, 0.29) is 18.2 Å². The van der Waals surface area contributed by atoms with Crippen molar-refractivity contribution in [3.8, 4) is 11.4 Å². The third kappa shape index (κ3) is 4.62. The molecule has 0 aliphatic heterocycles. The van der Waals surface area contributed by atoms with Crippen molar-refractivity contribution in [3.05, 3.63) is 22.7 Å². The predicted molar refractivity (Wildman–Crippen MR) is 84.7 cm³/mol. The molecule has 23 heavy (non-hydrogen) atoms. The Hall–Kier alpha value is -2.22. The topological polar surface area (TPSA) is 94.3 Å². The minimum atomic E-state index is -0.656. The molecular formula is C15H19N3O4S. The van der Waals surface area contributed by atoms with Gasteiger partial charge in [-0.25, -0.2) is 4.79 Å². The molecule has 0 aliphatic rings. The minimum absolute atomic E-state index is 0.0556. The number of esters is 1.